The lowest BCUT2D eigenvalue weighted by molar-refractivity contribution is 0.0602. The molecule has 1 N–H and O–H groups in total. The van der Waals surface area contributed by atoms with Crippen LogP contribution < -0.4 is 5.32 Å². The van der Waals surface area contributed by atoms with Gasteiger partial charge in [-0.25, -0.2) is 4.79 Å². The monoisotopic (exact) mass is 289 g/mol. The lowest BCUT2D eigenvalue weighted by Crippen LogP contribution is -2.10. The van der Waals surface area contributed by atoms with Gasteiger partial charge in [0.25, 0.3) is 0 Å². The van der Waals surface area contributed by atoms with Crippen molar-refractivity contribution in [2.75, 3.05) is 19.0 Å². The first-order valence-corrected chi connectivity index (χ1v) is 6.67. The number of halogens is 2. The summed E-state index contributed by atoms with van der Waals surface area (Å²) in [4.78, 5) is 11.6. The summed E-state index contributed by atoms with van der Waals surface area (Å²) in [7, 11) is 1.33. The molecule has 0 saturated heterocycles. The molecule has 0 unspecified atom stereocenters. The van der Waals surface area contributed by atoms with Crippen molar-refractivity contribution in [1.82, 2.24) is 0 Å². The minimum atomic E-state index is -0.447. The topological polar surface area (TPSA) is 38.3 Å². The van der Waals surface area contributed by atoms with Crippen molar-refractivity contribution in [3.63, 3.8) is 0 Å². The number of carbonyl (C=O) groups excluding carboxylic acids is 1. The summed E-state index contributed by atoms with van der Waals surface area (Å²) in [5.41, 5.74) is 0.954. The Kier molecular flexibility index (Phi) is 6.30. The number of hydrogen-bond donors (Lipinski definition) is 1. The highest BCUT2D eigenvalue weighted by Crippen LogP contribution is 2.30. The van der Waals surface area contributed by atoms with Gasteiger partial charge in [0.2, 0.25) is 0 Å². The molecule has 0 aliphatic heterocycles. The highest BCUT2D eigenvalue weighted by atomic mass is 35.5. The molecule has 0 spiro atoms. The van der Waals surface area contributed by atoms with E-state index in [0.717, 1.165) is 25.8 Å². The molecule has 0 aliphatic carbocycles. The van der Waals surface area contributed by atoms with Crippen molar-refractivity contribution in [3.05, 3.63) is 27.7 Å². The van der Waals surface area contributed by atoms with E-state index in [4.69, 9.17) is 27.9 Å². The molecule has 0 bridgehead atoms. The number of anilines is 1. The number of unbranched alkanes of at least 4 members (excludes halogenated alkanes) is 2. The molecule has 1 aromatic carbocycles. The van der Waals surface area contributed by atoms with Gasteiger partial charge in [-0.2, -0.15) is 0 Å². The van der Waals surface area contributed by atoms with Gasteiger partial charge in [0.05, 0.1) is 23.4 Å². The molecule has 3 nitrogen and oxygen atoms in total. The molecular weight excluding hydrogens is 273 g/mol. The normalized spacial score (nSPS) is 10.2. The first kappa shape index (κ1) is 15.1. The van der Waals surface area contributed by atoms with Crippen LogP contribution in [-0.2, 0) is 4.74 Å². The van der Waals surface area contributed by atoms with E-state index >= 15 is 0 Å². The summed E-state index contributed by atoms with van der Waals surface area (Å²) in [5.74, 6) is -0.447. The van der Waals surface area contributed by atoms with Crippen LogP contribution in [0.2, 0.25) is 10.0 Å². The second kappa shape index (κ2) is 7.49. The summed E-state index contributed by atoms with van der Waals surface area (Å²) in [6.07, 6.45) is 3.29. The predicted molar refractivity (Wildman–Crippen MR) is 75.8 cm³/mol. The van der Waals surface area contributed by atoms with Gasteiger partial charge in [0.15, 0.2) is 0 Å². The third-order valence-corrected chi connectivity index (χ3v) is 3.06. The number of methoxy groups -OCH3 is 1. The second-order valence-electron chi connectivity index (χ2n) is 3.94. The first-order chi connectivity index (χ1) is 8.60. The average Bonchev–Trinajstić information content (AvgIpc) is 2.35. The Morgan fingerprint density at radius 2 is 2.06 bits per heavy atom. The zero-order valence-electron chi connectivity index (χ0n) is 10.6. The number of hydrogen-bond acceptors (Lipinski definition) is 3. The number of nitrogens with one attached hydrogen (secondary N) is 1. The average molecular weight is 290 g/mol. The van der Waals surface area contributed by atoms with Crippen molar-refractivity contribution < 1.29 is 9.53 Å². The largest absolute Gasteiger partial charge is 0.465 e. The van der Waals surface area contributed by atoms with Crippen molar-refractivity contribution in [2.45, 2.75) is 26.2 Å². The molecule has 0 aliphatic rings. The summed E-state index contributed by atoms with van der Waals surface area (Å²) >= 11 is 12.0. The molecule has 0 fully saturated rings. The number of ether oxygens (including phenoxy) is 1. The smallest absolute Gasteiger partial charge is 0.340 e. The Balaban J connectivity index is 2.90. The van der Waals surface area contributed by atoms with E-state index in [-0.39, 0.29) is 0 Å². The molecule has 0 aromatic heterocycles. The Hall–Kier alpha value is -0.930. The minimum absolute atomic E-state index is 0.367. The van der Waals surface area contributed by atoms with Crippen molar-refractivity contribution >= 4 is 34.9 Å². The summed E-state index contributed by atoms with van der Waals surface area (Å²) in [6, 6.07) is 3.17. The van der Waals surface area contributed by atoms with Crippen LogP contribution in [0.5, 0.6) is 0 Å². The van der Waals surface area contributed by atoms with Crippen molar-refractivity contribution in [3.8, 4) is 0 Å². The number of esters is 1. The molecule has 100 valence electrons. The maximum Gasteiger partial charge on any atom is 0.340 e. The standard InChI is InChI=1S/C13H17Cl2NO2/c1-3-4-5-6-16-12-10(13(17)18-2)7-9(14)8-11(12)15/h7-8,16H,3-6H2,1-2H3. The Morgan fingerprint density at radius 1 is 1.33 bits per heavy atom. The molecule has 18 heavy (non-hydrogen) atoms. The third-order valence-electron chi connectivity index (χ3n) is 2.54. The van der Waals surface area contributed by atoms with E-state index in [1.165, 1.54) is 7.11 Å². The van der Waals surface area contributed by atoms with Crippen LogP contribution in [0.25, 0.3) is 0 Å². The molecule has 0 atom stereocenters. The van der Waals surface area contributed by atoms with E-state index in [1.54, 1.807) is 12.1 Å². The highest BCUT2D eigenvalue weighted by Gasteiger charge is 2.16. The van der Waals surface area contributed by atoms with Crippen LogP contribution in [0.15, 0.2) is 12.1 Å². The van der Waals surface area contributed by atoms with E-state index in [1.807, 2.05) is 0 Å². The maximum atomic E-state index is 11.6. The van der Waals surface area contributed by atoms with Gasteiger partial charge in [-0.3, -0.25) is 0 Å². The molecule has 0 radical (unpaired) electrons. The number of benzene rings is 1. The molecule has 1 aromatic rings. The van der Waals surface area contributed by atoms with Crippen molar-refractivity contribution in [2.24, 2.45) is 0 Å². The molecule has 1 rings (SSSR count). The van der Waals surface area contributed by atoms with Crippen LogP contribution in [0.3, 0.4) is 0 Å². The Bertz CT molecular complexity index is 422. The van der Waals surface area contributed by atoms with Gasteiger partial charge in [-0.05, 0) is 18.6 Å². The molecule has 0 amide bonds. The van der Waals surface area contributed by atoms with Gasteiger partial charge in [-0.1, -0.05) is 43.0 Å². The zero-order valence-corrected chi connectivity index (χ0v) is 12.1. The van der Waals surface area contributed by atoms with Crippen LogP contribution >= 0.6 is 23.2 Å². The summed E-state index contributed by atoms with van der Waals surface area (Å²) < 4.78 is 4.72. The SMILES string of the molecule is CCCCCNc1c(Cl)cc(Cl)cc1C(=O)OC. The first-order valence-electron chi connectivity index (χ1n) is 5.91. The maximum absolute atomic E-state index is 11.6. The molecular formula is C13H17Cl2NO2. The van der Waals surface area contributed by atoms with Crippen LogP contribution in [-0.4, -0.2) is 19.6 Å². The van der Waals surface area contributed by atoms with Crippen LogP contribution in [0.4, 0.5) is 5.69 Å². The van der Waals surface area contributed by atoms with Gasteiger partial charge < -0.3 is 10.1 Å². The Morgan fingerprint density at radius 3 is 2.67 bits per heavy atom. The fourth-order valence-electron chi connectivity index (χ4n) is 1.61. The van der Waals surface area contributed by atoms with Gasteiger partial charge in [0, 0.05) is 11.6 Å². The van der Waals surface area contributed by atoms with E-state index in [2.05, 4.69) is 12.2 Å². The van der Waals surface area contributed by atoms with Crippen molar-refractivity contribution in [1.29, 1.82) is 0 Å². The van der Waals surface area contributed by atoms with E-state index in [0.29, 0.717) is 21.3 Å². The molecule has 5 heteroatoms. The lowest BCUT2D eigenvalue weighted by atomic mass is 10.1. The lowest BCUT2D eigenvalue weighted by Gasteiger charge is -2.13. The van der Waals surface area contributed by atoms with E-state index in [9.17, 15) is 4.79 Å². The fourth-order valence-corrected chi connectivity index (χ4v) is 2.17. The summed E-state index contributed by atoms with van der Waals surface area (Å²) in [6.45, 7) is 2.90. The molecule has 0 saturated carbocycles. The van der Waals surface area contributed by atoms with Crippen LogP contribution in [0, 0.1) is 0 Å². The minimum Gasteiger partial charge on any atom is -0.465 e. The van der Waals surface area contributed by atoms with Gasteiger partial charge in [-0.15, -0.1) is 0 Å². The van der Waals surface area contributed by atoms with Gasteiger partial charge >= 0.3 is 5.97 Å². The van der Waals surface area contributed by atoms with Gasteiger partial charge in [0.1, 0.15) is 0 Å². The number of carbonyl (C=O) groups is 1. The van der Waals surface area contributed by atoms with E-state index < -0.39 is 5.97 Å². The fraction of sp³-hybridized carbons (Fsp3) is 0.462. The quantitative estimate of drug-likeness (QED) is 0.624. The molecule has 0 heterocycles. The third kappa shape index (κ3) is 4.07. The van der Waals surface area contributed by atoms with Crippen LogP contribution in [0.1, 0.15) is 36.5 Å². The summed E-state index contributed by atoms with van der Waals surface area (Å²) in [5, 5.41) is 4.01. The predicted octanol–water partition coefficient (Wildman–Crippen LogP) is 4.38. The number of rotatable bonds is 6. The second-order valence-corrected chi connectivity index (χ2v) is 4.78. The Labute approximate surface area is 117 Å². The highest BCUT2D eigenvalue weighted by molar-refractivity contribution is 6.37. The zero-order chi connectivity index (χ0) is 13.5.